The summed E-state index contributed by atoms with van der Waals surface area (Å²) in [5.74, 6) is -1.49. The summed E-state index contributed by atoms with van der Waals surface area (Å²) in [4.78, 5) is 33.5. The van der Waals surface area contributed by atoms with E-state index in [1.54, 1.807) is 31.2 Å². The van der Waals surface area contributed by atoms with Crippen LogP contribution in [0.4, 0.5) is 15.8 Å². The van der Waals surface area contributed by atoms with E-state index in [2.05, 4.69) is 20.6 Å². The Balaban J connectivity index is 0.00000342. The molecule has 0 atom stereocenters. The maximum atomic E-state index is 14.2. The predicted molar refractivity (Wildman–Crippen MR) is 138 cm³/mol. The van der Waals surface area contributed by atoms with Gasteiger partial charge in [0, 0.05) is 23.5 Å². The van der Waals surface area contributed by atoms with Crippen molar-refractivity contribution >= 4 is 69.8 Å². The van der Waals surface area contributed by atoms with Crippen LogP contribution in [-0.2, 0) is 11.3 Å². The number of nitrogens with zero attached hydrogens (tertiary/aromatic N) is 1. The summed E-state index contributed by atoms with van der Waals surface area (Å²) in [7, 11) is 1.52. The van der Waals surface area contributed by atoms with Crippen molar-refractivity contribution in [3.8, 4) is 0 Å². The number of methoxy groups -OCH3 is 1. The maximum absolute atomic E-state index is 14.2. The highest BCUT2D eigenvalue weighted by molar-refractivity contribution is 6.34. The summed E-state index contributed by atoms with van der Waals surface area (Å²) >= 11 is 12.2. The lowest BCUT2D eigenvalue weighted by Gasteiger charge is -2.12. The van der Waals surface area contributed by atoms with Crippen molar-refractivity contribution in [3.05, 3.63) is 86.9 Å². The van der Waals surface area contributed by atoms with Gasteiger partial charge in [0.2, 0.25) is 0 Å². The van der Waals surface area contributed by atoms with Crippen LogP contribution in [-0.4, -0.2) is 28.9 Å². The summed E-state index contributed by atoms with van der Waals surface area (Å²) < 4.78 is 19.3. The molecule has 0 fully saturated rings. The fourth-order valence-electron chi connectivity index (χ4n) is 3.46. The Morgan fingerprint density at radius 2 is 1.77 bits per heavy atom. The normalized spacial score (nSPS) is 10.7. The number of anilines is 2. The third kappa shape index (κ3) is 5.57. The van der Waals surface area contributed by atoms with Gasteiger partial charge in [0.15, 0.2) is 0 Å². The summed E-state index contributed by atoms with van der Waals surface area (Å²) in [5.41, 5.74) is 2.24. The standard InChI is InChI=1S/C24H19Cl2FN4O3.ClH/c1-12-15(25)5-4-8-18(12)30-23(32)14-9-13(10-19-22(14)31-20(29-19)11-34-2)28-24(33)21-16(26)6-3-7-17(21)27;/h3-10H,11H2,1-2H3,(H,28,33)(H,29,31)(H,30,32);1H. The Bertz CT molecular complexity index is 1400. The number of ether oxygens (including phenoxy) is 1. The van der Waals surface area contributed by atoms with Crippen molar-refractivity contribution < 1.29 is 18.7 Å². The zero-order valence-corrected chi connectivity index (χ0v) is 20.9. The van der Waals surface area contributed by atoms with Gasteiger partial charge in [0.05, 0.1) is 21.7 Å². The van der Waals surface area contributed by atoms with Crippen LogP contribution in [0.5, 0.6) is 0 Å². The molecule has 11 heteroatoms. The van der Waals surface area contributed by atoms with E-state index in [1.807, 2.05) is 0 Å². The molecule has 0 bridgehead atoms. The fourth-order valence-corrected chi connectivity index (χ4v) is 3.88. The second kappa shape index (κ2) is 11.0. The topological polar surface area (TPSA) is 96.1 Å². The Labute approximate surface area is 216 Å². The Kier molecular flexibility index (Phi) is 8.34. The highest BCUT2D eigenvalue weighted by Gasteiger charge is 2.20. The predicted octanol–water partition coefficient (Wildman–Crippen LogP) is 6.39. The molecule has 1 heterocycles. The van der Waals surface area contributed by atoms with Crippen LogP contribution in [0.15, 0.2) is 48.5 Å². The minimum Gasteiger partial charge on any atom is -0.377 e. The van der Waals surface area contributed by atoms with Crippen LogP contribution in [0.25, 0.3) is 11.0 Å². The number of H-pyrrole nitrogens is 1. The highest BCUT2D eigenvalue weighted by Crippen LogP contribution is 2.28. The number of imidazole rings is 1. The number of hydrogen-bond donors (Lipinski definition) is 3. The molecule has 1 aromatic heterocycles. The zero-order chi connectivity index (χ0) is 24.4. The average Bonchev–Trinajstić information content (AvgIpc) is 3.19. The Morgan fingerprint density at radius 3 is 2.49 bits per heavy atom. The lowest BCUT2D eigenvalue weighted by molar-refractivity contribution is 0.101. The van der Waals surface area contributed by atoms with Crippen molar-refractivity contribution in [1.29, 1.82) is 0 Å². The first-order chi connectivity index (χ1) is 16.3. The van der Waals surface area contributed by atoms with E-state index in [0.29, 0.717) is 33.1 Å². The molecule has 35 heavy (non-hydrogen) atoms. The monoisotopic (exact) mass is 536 g/mol. The van der Waals surface area contributed by atoms with Crippen molar-refractivity contribution in [2.75, 3.05) is 17.7 Å². The highest BCUT2D eigenvalue weighted by atomic mass is 35.5. The number of amides is 2. The van der Waals surface area contributed by atoms with Gasteiger partial charge >= 0.3 is 0 Å². The van der Waals surface area contributed by atoms with E-state index in [9.17, 15) is 14.0 Å². The Morgan fingerprint density at radius 1 is 1.06 bits per heavy atom. The Hall–Kier alpha value is -3.17. The van der Waals surface area contributed by atoms with Gasteiger partial charge in [-0.3, -0.25) is 9.59 Å². The second-order valence-electron chi connectivity index (χ2n) is 7.45. The van der Waals surface area contributed by atoms with Gasteiger partial charge in [0.1, 0.15) is 23.8 Å². The van der Waals surface area contributed by atoms with E-state index in [0.717, 1.165) is 6.07 Å². The number of aromatic nitrogens is 2. The van der Waals surface area contributed by atoms with Crippen LogP contribution in [0.1, 0.15) is 32.1 Å². The summed E-state index contributed by atoms with van der Waals surface area (Å²) in [5, 5.41) is 5.91. The van der Waals surface area contributed by atoms with Crippen LogP contribution < -0.4 is 10.6 Å². The number of carbonyl (C=O) groups excluding carboxylic acids is 2. The molecule has 0 aliphatic rings. The summed E-state index contributed by atoms with van der Waals surface area (Å²) in [6.45, 7) is 1.98. The lowest BCUT2D eigenvalue weighted by atomic mass is 10.1. The molecule has 2 amide bonds. The van der Waals surface area contributed by atoms with Crippen molar-refractivity contribution in [1.82, 2.24) is 9.97 Å². The quantitative estimate of drug-likeness (QED) is 0.265. The molecule has 3 aromatic carbocycles. The van der Waals surface area contributed by atoms with Gasteiger partial charge in [-0.25, -0.2) is 9.37 Å². The van der Waals surface area contributed by atoms with E-state index >= 15 is 0 Å². The molecule has 4 aromatic rings. The molecule has 0 saturated carbocycles. The van der Waals surface area contributed by atoms with E-state index in [4.69, 9.17) is 27.9 Å². The minimum absolute atomic E-state index is 0. The number of fused-ring (bicyclic) bond motifs is 1. The molecular weight excluding hydrogens is 518 g/mol. The number of benzene rings is 3. The molecule has 3 N–H and O–H groups in total. The maximum Gasteiger partial charge on any atom is 0.260 e. The molecule has 0 aliphatic carbocycles. The number of nitrogens with one attached hydrogen (secondary N) is 3. The molecule has 0 saturated heterocycles. The molecule has 7 nitrogen and oxygen atoms in total. The first-order valence-electron chi connectivity index (χ1n) is 10.1. The summed E-state index contributed by atoms with van der Waals surface area (Å²) in [6, 6.07) is 12.2. The van der Waals surface area contributed by atoms with E-state index in [-0.39, 0.29) is 40.9 Å². The molecular formula is C24H20Cl3FN4O3. The van der Waals surface area contributed by atoms with Gasteiger partial charge in [-0.05, 0) is 48.9 Å². The molecule has 0 spiro atoms. The molecule has 4 rings (SSSR count). The average molecular weight is 538 g/mol. The number of carbonyl (C=O) groups is 2. The fraction of sp³-hybridized carbons (Fsp3) is 0.125. The van der Waals surface area contributed by atoms with Crippen LogP contribution in [0.3, 0.4) is 0 Å². The molecule has 0 unspecified atom stereocenters. The molecule has 0 radical (unpaired) electrons. The second-order valence-corrected chi connectivity index (χ2v) is 8.27. The summed E-state index contributed by atoms with van der Waals surface area (Å²) in [6.07, 6.45) is 0. The third-order valence-corrected chi connectivity index (χ3v) is 5.85. The number of halogens is 4. The van der Waals surface area contributed by atoms with E-state index in [1.165, 1.54) is 25.3 Å². The smallest absolute Gasteiger partial charge is 0.260 e. The minimum atomic E-state index is -0.760. The first kappa shape index (κ1) is 26.4. The number of aromatic amines is 1. The van der Waals surface area contributed by atoms with E-state index < -0.39 is 17.6 Å². The zero-order valence-electron chi connectivity index (χ0n) is 18.5. The SMILES string of the molecule is COCc1nc2c(C(=O)Nc3cccc(Cl)c3C)cc(NC(=O)c3c(F)cccc3Cl)cc2[nH]1.Cl. The molecule has 0 aliphatic heterocycles. The van der Waals surface area contributed by atoms with Gasteiger partial charge in [-0.2, -0.15) is 0 Å². The van der Waals surface area contributed by atoms with Gasteiger partial charge in [-0.15, -0.1) is 12.4 Å². The van der Waals surface area contributed by atoms with Crippen LogP contribution in [0, 0.1) is 12.7 Å². The van der Waals surface area contributed by atoms with Crippen molar-refractivity contribution in [2.45, 2.75) is 13.5 Å². The van der Waals surface area contributed by atoms with Crippen molar-refractivity contribution in [3.63, 3.8) is 0 Å². The largest absolute Gasteiger partial charge is 0.377 e. The molecule has 182 valence electrons. The lowest BCUT2D eigenvalue weighted by Crippen LogP contribution is -2.17. The van der Waals surface area contributed by atoms with Gasteiger partial charge in [-0.1, -0.05) is 35.3 Å². The first-order valence-corrected chi connectivity index (χ1v) is 10.9. The van der Waals surface area contributed by atoms with Gasteiger partial charge in [0.25, 0.3) is 11.8 Å². The van der Waals surface area contributed by atoms with Crippen LogP contribution >= 0.6 is 35.6 Å². The number of rotatable bonds is 6. The van der Waals surface area contributed by atoms with Crippen LogP contribution in [0.2, 0.25) is 10.0 Å². The van der Waals surface area contributed by atoms with Gasteiger partial charge < -0.3 is 20.4 Å². The van der Waals surface area contributed by atoms with Crippen molar-refractivity contribution in [2.24, 2.45) is 0 Å². The number of hydrogen-bond acceptors (Lipinski definition) is 4. The third-order valence-electron chi connectivity index (χ3n) is 5.12.